The van der Waals surface area contributed by atoms with Crippen molar-refractivity contribution in [3.8, 4) is 11.1 Å². The van der Waals surface area contributed by atoms with Gasteiger partial charge in [0, 0.05) is 10.6 Å². The van der Waals surface area contributed by atoms with E-state index in [4.69, 9.17) is 21.1 Å². The molecule has 4 nitrogen and oxygen atoms in total. The predicted molar refractivity (Wildman–Crippen MR) is 120 cm³/mol. The molecule has 2 aromatic carbocycles. The molecule has 1 aliphatic carbocycles. The highest BCUT2D eigenvalue weighted by Crippen LogP contribution is 2.58. The Morgan fingerprint density at radius 2 is 1.26 bits per heavy atom. The minimum atomic E-state index is -7.13. The molecular formula is C25H20ClF9O4. The first-order valence-corrected chi connectivity index (χ1v) is 11.7. The fourth-order valence-electron chi connectivity index (χ4n) is 4.31. The van der Waals surface area contributed by atoms with Crippen LogP contribution in [0.2, 0.25) is 5.02 Å². The molecule has 0 unspecified atom stereocenters. The summed E-state index contributed by atoms with van der Waals surface area (Å²) in [6, 6.07) is 5.56. The van der Waals surface area contributed by atoms with E-state index in [1.165, 1.54) is 13.8 Å². The topological polar surface area (TPSA) is 52.6 Å². The van der Waals surface area contributed by atoms with Crippen LogP contribution in [0.15, 0.2) is 36.4 Å². The number of hydrogen-bond acceptors (Lipinski definition) is 4. The van der Waals surface area contributed by atoms with Crippen LogP contribution in [0.4, 0.5) is 39.5 Å². The van der Waals surface area contributed by atoms with Crippen molar-refractivity contribution >= 4 is 23.5 Å². The van der Waals surface area contributed by atoms with Crippen LogP contribution in [0.5, 0.6) is 0 Å². The van der Waals surface area contributed by atoms with Crippen molar-refractivity contribution in [2.45, 2.75) is 50.6 Å². The highest BCUT2D eigenvalue weighted by atomic mass is 35.5. The monoisotopic (exact) mass is 590 g/mol. The number of benzene rings is 2. The van der Waals surface area contributed by atoms with E-state index in [-0.39, 0.29) is 34.9 Å². The van der Waals surface area contributed by atoms with Gasteiger partial charge in [0.25, 0.3) is 0 Å². The van der Waals surface area contributed by atoms with Gasteiger partial charge in [-0.2, -0.15) is 39.5 Å². The molecule has 0 aliphatic heterocycles. The average Bonchev–Trinajstić information content (AvgIpc) is 3.23. The smallest absolute Gasteiger partial charge is 0.460 e. The highest BCUT2D eigenvalue weighted by molar-refractivity contribution is 6.30. The molecule has 0 aromatic heterocycles. The van der Waals surface area contributed by atoms with E-state index in [1.54, 1.807) is 0 Å². The van der Waals surface area contributed by atoms with Crippen molar-refractivity contribution in [1.82, 2.24) is 0 Å². The summed E-state index contributed by atoms with van der Waals surface area (Å²) in [6.07, 6.45) is -8.23. The summed E-state index contributed by atoms with van der Waals surface area (Å²) in [5, 5.41) is 0.0748. The maximum Gasteiger partial charge on any atom is 0.460 e. The minimum Gasteiger partial charge on any atom is -0.465 e. The lowest BCUT2D eigenvalue weighted by molar-refractivity contribution is -0.399. The number of carbonyl (C=O) groups is 2. The SMILES string of the molecule is CCOC(=O)C1(C(=O)OCC)Cc2cc(-c3ccc(Cl)cc3)c(C(F)(F)C(F)(F)C(F)(F)C(F)(F)F)cc2C1. The van der Waals surface area contributed by atoms with Gasteiger partial charge in [0.15, 0.2) is 5.41 Å². The molecule has 0 spiro atoms. The molecular weight excluding hydrogens is 571 g/mol. The third kappa shape index (κ3) is 4.93. The molecule has 0 saturated carbocycles. The molecule has 39 heavy (non-hydrogen) atoms. The Kier molecular flexibility index (Phi) is 8.01. The first-order chi connectivity index (χ1) is 17.9. The Morgan fingerprint density at radius 3 is 1.69 bits per heavy atom. The van der Waals surface area contributed by atoms with Gasteiger partial charge < -0.3 is 9.47 Å². The normalized spacial score (nSPS) is 15.6. The van der Waals surface area contributed by atoms with Crippen molar-refractivity contribution in [3.05, 3.63) is 58.1 Å². The van der Waals surface area contributed by atoms with Crippen molar-refractivity contribution in [1.29, 1.82) is 0 Å². The first-order valence-electron chi connectivity index (χ1n) is 11.3. The predicted octanol–water partition coefficient (Wildman–Crippen LogP) is 7.14. The number of ether oxygens (including phenoxy) is 2. The summed E-state index contributed by atoms with van der Waals surface area (Å²) in [6.45, 7) is 2.43. The summed E-state index contributed by atoms with van der Waals surface area (Å²) in [5.74, 6) is -22.4. The van der Waals surface area contributed by atoms with E-state index < -0.39 is 65.3 Å². The van der Waals surface area contributed by atoms with Gasteiger partial charge in [-0.1, -0.05) is 29.8 Å². The number of fused-ring (bicyclic) bond motifs is 1. The van der Waals surface area contributed by atoms with Crippen LogP contribution >= 0.6 is 11.6 Å². The zero-order valence-corrected chi connectivity index (χ0v) is 21.0. The third-order valence-corrected chi connectivity index (χ3v) is 6.55. The van der Waals surface area contributed by atoms with Crippen LogP contribution in [0, 0.1) is 5.41 Å². The molecule has 214 valence electrons. The zero-order chi connectivity index (χ0) is 29.6. The maximum absolute atomic E-state index is 15.3. The highest BCUT2D eigenvalue weighted by Gasteiger charge is 2.82. The molecule has 0 N–H and O–H groups in total. The lowest BCUT2D eigenvalue weighted by Crippen LogP contribution is -2.59. The minimum absolute atomic E-state index is 0.00787. The zero-order valence-electron chi connectivity index (χ0n) is 20.2. The standard InChI is InChI=1S/C25H20ClF9O4/c1-3-38-19(36)21(20(37)39-4-2)11-14-9-17(13-5-7-16(26)8-6-13)18(10-15(14)12-21)22(27,28)23(29,30)24(31,32)25(33,34)35/h5-10H,3-4,11-12H2,1-2H3. The second kappa shape index (κ2) is 10.2. The average molecular weight is 591 g/mol. The molecule has 3 rings (SSSR count). The Morgan fingerprint density at radius 1 is 0.795 bits per heavy atom. The van der Waals surface area contributed by atoms with Gasteiger partial charge in [0.1, 0.15) is 0 Å². The van der Waals surface area contributed by atoms with Crippen molar-refractivity contribution in [2.75, 3.05) is 13.2 Å². The number of hydrogen-bond donors (Lipinski definition) is 0. The molecule has 0 saturated heterocycles. The van der Waals surface area contributed by atoms with Crippen molar-refractivity contribution in [3.63, 3.8) is 0 Å². The molecule has 0 bridgehead atoms. The fourth-order valence-corrected chi connectivity index (χ4v) is 4.44. The van der Waals surface area contributed by atoms with Crippen molar-refractivity contribution < 1.29 is 58.6 Å². The quantitative estimate of drug-likeness (QED) is 0.186. The van der Waals surface area contributed by atoms with Crippen LogP contribution in [0.25, 0.3) is 11.1 Å². The number of carbonyl (C=O) groups excluding carboxylic acids is 2. The fraction of sp³-hybridized carbons (Fsp3) is 0.440. The Labute approximate surface area is 221 Å². The lowest BCUT2D eigenvalue weighted by Gasteiger charge is -2.35. The summed E-state index contributed by atoms with van der Waals surface area (Å²) >= 11 is 5.78. The second-order valence-corrected chi connectivity index (χ2v) is 9.21. The molecule has 0 amide bonds. The van der Waals surface area contributed by atoms with Crippen LogP contribution in [-0.2, 0) is 37.8 Å². The molecule has 14 heteroatoms. The Balaban J connectivity index is 2.30. The van der Waals surface area contributed by atoms with Gasteiger partial charge >= 0.3 is 35.9 Å². The molecule has 1 aliphatic rings. The van der Waals surface area contributed by atoms with Gasteiger partial charge in [-0.15, -0.1) is 0 Å². The van der Waals surface area contributed by atoms with Gasteiger partial charge in [-0.25, -0.2) is 0 Å². The van der Waals surface area contributed by atoms with E-state index in [0.717, 1.165) is 30.3 Å². The number of alkyl halides is 9. The maximum atomic E-state index is 15.3. The van der Waals surface area contributed by atoms with Crippen LogP contribution in [-0.4, -0.2) is 43.2 Å². The largest absolute Gasteiger partial charge is 0.465 e. The number of halogens is 10. The van der Waals surface area contributed by atoms with Crippen LogP contribution in [0.3, 0.4) is 0 Å². The van der Waals surface area contributed by atoms with E-state index >= 15 is 8.78 Å². The second-order valence-electron chi connectivity index (χ2n) is 8.77. The van der Waals surface area contributed by atoms with Crippen molar-refractivity contribution in [2.24, 2.45) is 5.41 Å². The van der Waals surface area contributed by atoms with Gasteiger partial charge in [-0.3, -0.25) is 9.59 Å². The molecule has 0 atom stereocenters. The van der Waals surface area contributed by atoms with Gasteiger partial charge in [0.05, 0.1) is 13.2 Å². The van der Waals surface area contributed by atoms with E-state index in [0.29, 0.717) is 6.07 Å². The summed E-state index contributed by atoms with van der Waals surface area (Å²) in [4.78, 5) is 25.6. The number of esters is 2. The summed E-state index contributed by atoms with van der Waals surface area (Å²) in [5.41, 5.74) is -5.47. The molecule has 0 fully saturated rings. The van der Waals surface area contributed by atoms with E-state index in [1.807, 2.05) is 0 Å². The van der Waals surface area contributed by atoms with Crippen LogP contribution in [0.1, 0.15) is 30.5 Å². The molecule has 0 heterocycles. The summed E-state index contributed by atoms with van der Waals surface area (Å²) < 4.78 is 135. The van der Waals surface area contributed by atoms with Crippen LogP contribution < -0.4 is 0 Å². The number of rotatable bonds is 8. The Bertz CT molecular complexity index is 1240. The third-order valence-electron chi connectivity index (χ3n) is 6.29. The first kappa shape index (κ1) is 30.6. The van der Waals surface area contributed by atoms with E-state index in [9.17, 15) is 40.3 Å². The summed E-state index contributed by atoms with van der Waals surface area (Å²) in [7, 11) is 0. The van der Waals surface area contributed by atoms with E-state index in [2.05, 4.69) is 0 Å². The molecule has 0 radical (unpaired) electrons. The van der Waals surface area contributed by atoms with Gasteiger partial charge in [0.2, 0.25) is 0 Å². The molecule has 2 aromatic rings. The lowest BCUT2D eigenvalue weighted by atomic mass is 9.84. The van der Waals surface area contributed by atoms with Gasteiger partial charge in [-0.05, 0) is 67.1 Å². The Hall–Kier alpha value is -2.96.